The minimum Gasteiger partial charge on any atom is -0.352 e. The zero-order valence-electron chi connectivity index (χ0n) is 16.1. The number of hydrogen-bond acceptors (Lipinski definition) is 5. The molecule has 146 valence electrons. The minimum atomic E-state index is -0.363. The van der Waals surface area contributed by atoms with E-state index in [0.717, 1.165) is 12.0 Å². The van der Waals surface area contributed by atoms with E-state index in [9.17, 15) is 9.59 Å². The van der Waals surface area contributed by atoms with Gasteiger partial charge in [0.15, 0.2) is 0 Å². The number of fused-ring (bicyclic) bond motifs is 2. The van der Waals surface area contributed by atoms with Crippen molar-refractivity contribution in [1.82, 2.24) is 20.8 Å². The summed E-state index contributed by atoms with van der Waals surface area (Å²) < 4.78 is 0. The summed E-state index contributed by atoms with van der Waals surface area (Å²) in [5.41, 5.74) is 4.54. The smallest absolute Gasteiger partial charge is 0.267 e. The second-order valence-corrected chi connectivity index (χ2v) is 7.41. The van der Waals surface area contributed by atoms with E-state index in [2.05, 4.69) is 40.1 Å². The summed E-state index contributed by atoms with van der Waals surface area (Å²) in [5.74, 6) is -0.345. The first-order chi connectivity index (χ1) is 13.6. The monoisotopic (exact) mass is 379 g/mol. The first-order valence-electron chi connectivity index (χ1n) is 9.74. The molecule has 28 heavy (non-hydrogen) atoms. The second-order valence-electron chi connectivity index (χ2n) is 7.41. The molecule has 0 bridgehead atoms. The zero-order chi connectivity index (χ0) is 19.7. The number of carbonyl (C=O) groups excluding carboxylic acids is 2. The molecule has 2 aromatic rings. The van der Waals surface area contributed by atoms with E-state index in [1.54, 1.807) is 11.3 Å². The largest absolute Gasteiger partial charge is 0.352 e. The van der Waals surface area contributed by atoms with Crippen LogP contribution in [0, 0.1) is 0 Å². The molecule has 1 saturated heterocycles. The Morgan fingerprint density at radius 3 is 2.89 bits per heavy atom. The fourth-order valence-corrected chi connectivity index (χ4v) is 3.77. The van der Waals surface area contributed by atoms with Gasteiger partial charge in [-0.3, -0.25) is 14.6 Å². The molecule has 2 aromatic carbocycles. The van der Waals surface area contributed by atoms with Gasteiger partial charge in [-0.2, -0.15) is 5.10 Å². The van der Waals surface area contributed by atoms with Crippen molar-refractivity contribution in [3.63, 3.8) is 0 Å². The molecule has 1 fully saturated rings. The van der Waals surface area contributed by atoms with E-state index >= 15 is 0 Å². The number of hydrogen-bond donors (Lipinski definition) is 2. The van der Waals surface area contributed by atoms with Crippen LogP contribution in [0.4, 0.5) is 0 Å². The molecule has 2 aliphatic heterocycles. The van der Waals surface area contributed by atoms with Crippen molar-refractivity contribution in [1.29, 1.82) is 0 Å². The van der Waals surface area contributed by atoms with Crippen LogP contribution < -0.4 is 10.7 Å². The van der Waals surface area contributed by atoms with Gasteiger partial charge in [0.2, 0.25) is 5.91 Å². The first-order valence-corrected chi connectivity index (χ1v) is 9.74. The summed E-state index contributed by atoms with van der Waals surface area (Å²) >= 11 is 0. The summed E-state index contributed by atoms with van der Waals surface area (Å²) in [4.78, 5) is 25.0. The van der Waals surface area contributed by atoms with Crippen LogP contribution in [0.5, 0.6) is 0 Å². The lowest BCUT2D eigenvalue weighted by Crippen LogP contribution is -2.52. The molecule has 4 rings (SSSR count). The van der Waals surface area contributed by atoms with Gasteiger partial charge in [0, 0.05) is 6.04 Å². The van der Waals surface area contributed by atoms with E-state index in [-0.39, 0.29) is 36.5 Å². The van der Waals surface area contributed by atoms with E-state index in [1.165, 1.54) is 15.8 Å². The lowest BCUT2D eigenvalue weighted by atomic mass is 9.96. The topological polar surface area (TPSA) is 77.0 Å². The summed E-state index contributed by atoms with van der Waals surface area (Å²) in [7, 11) is 0. The molecular formula is C21H25N5O2. The van der Waals surface area contributed by atoms with Gasteiger partial charge in [-0.05, 0) is 36.1 Å². The Hall–Kier alpha value is -2.93. The normalized spacial score (nSPS) is 22.4. The van der Waals surface area contributed by atoms with Crippen LogP contribution in [-0.4, -0.2) is 46.8 Å². The highest BCUT2D eigenvalue weighted by molar-refractivity contribution is 5.91. The van der Waals surface area contributed by atoms with Crippen LogP contribution in [0.1, 0.15) is 38.3 Å². The molecule has 0 spiro atoms. The summed E-state index contributed by atoms with van der Waals surface area (Å²) in [6, 6.07) is 14.2. The molecule has 3 atom stereocenters. The quantitative estimate of drug-likeness (QED) is 0.835. The molecule has 2 aliphatic rings. The molecule has 3 unspecified atom stereocenters. The molecular weight excluding hydrogens is 354 g/mol. The van der Waals surface area contributed by atoms with E-state index < -0.39 is 0 Å². The van der Waals surface area contributed by atoms with Gasteiger partial charge in [-0.15, -0.1) is 0 Å². The predicted octanol–water partition coefficient (Wildman–Crippen LogP) is 2.16. The highest BCUT2D eigenvalue weighted by atomic mass is 16.2. The average molecular weight is 379 g/mol. The Labute approximate surface area is 164 Å². The molecule has 2 N–H and O–H groups in total. The molecule has 0 saturated carbocycles. The SMILES string of the molecule is CCC(C)NC(=O)CN1N=CN2NC(c3cccc4ccccc34)CC2C1=O. The lowest BCUT2D eigenvalue weighted by molar-refractivity contribution is -0.140. The van der Waals surface area contributed by atoms with Crippen LogP contribution in [-0.2, 0) is 9.59 Å². The van der Waals surface area contributed by atoms with Crippen molar-refractivity contribution in [3.05, 3.63) is 48.0 Å². The molecule has 0 radical (unpaired) electrons. The predicted molar refractivity (Wildman–Crippen MR) is 108 cm³/mol. The van der Waals surface area contributed by atoms with Crippen molar-refractivity contribution in [2.45, 2.75) is 44.8 Å². The number of carbonyl (C=O) groups is 2. The molecule has 0 aliphatic carbocycles. The van der Waals surface area contributed by atoms with Gasteiger partial charge in [0.1, 0.15) is 18.9 Å². The van der Waals surface area contributed by atoms with E-state index in [4.69, 9.17) is 0 Å². The van der Waals surface area contributed by atoms with Crippen LogP contribution in [0.25, 0.3) is 10.8 Å². The Bertz CT molecular complexity index is 923. The Kier molecular flexibility index (Phi) is 5.00. The molecule has 0 aromatic heterocycles. The van der Waals surface area contributed by atoms with Crippen LogP contribution in [0.15, 0.2) is 47.6 Å². The number of hydrazine groups is 1. The highest BCUT2D eigenvalue weighted by Crippen LogP contribution is 2.33. The first kappa shape index (κ1) is 18.4. The molecule has 7 heteroatoms. The van der Waals surface area contributed by atoms with Crippen molar-refractivity contribution < 1.29 is 9.59 Å². The van der Waals surface area contributed by atoms with Crippen molar-refractivity contribution in [3.8, 4) is 0 Å². The van der Waals surface area contributed by atoms with Gasteiger partial charge in [0.05, 0.1) is 6.04 Å². The van der Waals surface area contributed by atoms with Crippen LogP contribution in [0.2, 0.25) is 0 Å². The molecule has 2 heterocycles. The summed E-state index contributed by atoms with van der Waals surface area (Å²) in [5, 5.41) is 12.4. The highest BCUT2D eigenvalue weighted by Gasteiger charge is 2.41. The maximum atomic E-state index is 12.9. The van der Waals surface area contributed by atoms with Crippen LogP contribution >= 0.6 is 0 Å². The van der Waals surface area contributed by atoms with Gasteiger partial charge < -0.3 is 5.32 Å². The maximum Gasteiger partial charge on any atom is 0.267 e. The molecule has 2 amide bonds. The molecule has 7 nitrogen and oxygen atoms in total. The third kappa shape index (κ3) is 3.45. The summed E-state index contributed by atoms with van der Waals surface area (Å²) in [6.07, 6.45) is 3.08. The number of amides is 2. The van der Waals surface area contributed by atoms with Gasteiger partial charge >= 0.3 is 0 Å². The Balaban J connectivity index is 1.49. The Morgan fingerprint density at radius 2 is 2.07 bits per heavy atom. The van der Waals surface area contributed by atoms with Gasteiger partial charge in [0.25, 0.3) is 5.91 Å². The van der Waals surface area contributed by atoms with Crippen molar-refractivity contribution >= 4 is 28.9 Å². The van der Waals surface area contributed by atoms with Gasteiger partial charge in [-0.1, -0.05) is 49.4 Å². The van der Waals surface area contributed by atoms with Crippen LogP contribution in [0.3, 0.4) is 0 Å². The number of hydrazone groups is 1. The average Bonchev–Trinajstić information content (AvgIpc) is 3.14. The van der Waals surface area contributed by atoms with Crippen molar-refractivity contribution in [2.24, 2.45) is 5.10 Å². The fraction of sp³-hybridized carbons (Fsp3) is 0.381. The fourth-order valence-electron chi connectivity index (χ4n) is 3.77. The standard InChI is InChI=1S/C21H25N5O2/c1-3-14(2)23-20(27)12-25-21(28)19-11-18(24-26(19)13-22-25)17-10-6-8-15-7-4-5-9-16(15)17/h4-10,13-14,18-19,24H,3,11-12H2,1-2H3,(H,23,27). The maximum absolute atomic E-state index is 12.9. The number of benzene rings is 2. The Morgan fingerprint density at radius 1 is 1.29 bits per heavy atom. The summed E-state index contributed by atoms with van der Waals surface area (Å²) in [6.45, 7) is 3.89. The van der Waals surface area contributed by atoms with E-state index in [1.807, 2.05) is 32.0 Å². The zero-order valence-corrected chi connectivity index (χ0v) is 16.1. The van der Waals surface area contributed by atoms with E-state index in [0.29, 0.717) is 6.42 Å². The third-order valence-electron chi connectivity index (χ3n) is 5.47. The third-order valence-corrected chi connectivity index (χ3v) is 5.47. The lowest BCUT2D eigenvalue weighted by Gasteiger charge is -2.30. The van der Waals surface area contributed by atoms with Crippen molar-refractivity contribution in [2.75, 3.05) is 6.54 Å². The minimum absolute atomic E-state index is 0.0143. The second kappa shape index (κ2) is 7.59. The number of nitrogens with zero attached hydrogens (tertiary/aromatic N) is 3. The number of nitrogens with one attached hydrogen (secondary N) is 2. The number of rotatable bonds is 5. The van der Waals surface area contributed by atoms with Gasteiger partial charge in [-0.25, -0.2) is 10.4 Å².